The SMILES string of the molecule is CC(C)C#C[C@]1(C(F)(F)F)NC(=O)Nc2cc(Cn3cnccc3=O)ccc21. The molecule has 3 rings (SSSR count). The zero-order chi connectivity index (χ0) is 20.5. The van der Waals surface area contributed by atoms with E-state index in [0.717, 1.165) is 0 Å². The van der Waals surface area contributed by atoms with Crippen LogP contribution in [-0.2, 0) is 12.1 Å². The average molecular weight is 390 g/mol. The van der Waals surface area contributed by atoms with Crippen LogP contribution in [0.15, 0.2) is 41.6 Å². The molecule has 9 heteroatoms. The Hall–Kier alpha value is -3.28. The van der Waals surface area contributed by atoms with Crippen molar-refractivity contribution >= 4 is 11.7 Å². The number of alkyl halides is 3. The Balaban J connectivity index is 2.11. The Morgan fingerprint density at radius 3 is 2.64 bits per heavy atom. The molecule has 1 aromatic carbocycles. The summed E-state index contributed by atoms with van der Waals surface area (Å²) >= 11 is 0. The van der Waals surface area contributed by atoms with Gasteiger partial charge in [-0.15, -0.1) is 0 Å². The number of hydrogen-bond donors (Lipinski definition) is 2. The first kappa shape index (κ1) is 19.5. The van der Waals surface area contributed by atoms with Crippen molar-refractivity contribution in [3.63, 3.8) is 0 Å². The third kappa shape index (κ3) is 3.58. The Bertz CT molecular complexity index is 1030. The number of amides is 2. The van der Waals surface area contributed by atoms with Crippen molar-refractivity contribution < 1.29 is 18.0 Å². The number of carbonyl (C=O) groups excluding carboxylic acids is 1. The molecule has 0 saturated heterocycles. The molecule has 0 bridgehead atoms. The molecule has 1 atom stereocenters. The third-order valence-corrected chi connectivity index (χ3v) is 4.16. The first-order chi connectivity index (χ1) is 13.1. The number of halogens is 3. The number of anilines is 1. The summed E-state index contributed by atoms with van der Waals surface area (Å²) in [4.78, 5) is 27.7. The molecule has 0 aliphatic carbocycles. The number of nitrogens with one attached hydrogen (secondary N) is 2. The summed E-state index contributed by atoms with van der Waals surface area (Å²) in [5.74, 6) is 4.43. The van der Waals surface area contributed by atoms with Crippen LogP contribution in [0.1, 0.15) is 25.0 Å². The van der Waals surface area contributed by atoms with E-state index in [-0.39, 0.29) is 29.3 Å². The van der Waals surface area contributed by atoms with Crippen molar-refractivity contribution in [3.05, 3.63) is 58.3 Å². The largest absolute Gasteiger partial charge is 0.427 e. The highest BCUT2D eigenvalue weighted by atomic mass is 19.4. The Labute approximate surface area is 158 Å². The Morgan fingerprint density at radius 1 is 1.25 bits per heavy atom. The topological polar surface area (TPSA) is 76.0 Å². The van der Waals surface area contributed by atoms with Crippen LogP contribution in [0.25, 0.3) is 0 Å². The summed E-state index contributed by atoms with van der Waals surface area (Å²) in [6.07, 6.45) is -2.15. The van der Waals surface area contributed by atoms with E-state index < -0.39 is 17.7 Å². The second kappa shape index (κ2) is 7.03. The van der Waals surface area contributed by atoms with Gasteiger partial charge in [-0.2, -0.15) is 13.2 Å². The predicted octanol–water partition coefficient (Wildman–Crippen LogP) is 2.84. The molecule has 0 saturated carbocycles. The monoisotopic (exact) mass is 390 g/mol. The lowest BCUT2D eigenvalue weighted by atomic mass is 9.85. The lowest BCUT2D eigenvalue weighted by Crippen LogP contribution is -2.59. The molecule has 2 heterocycles. The molecule has 0 radical (unpaired) electrons. The van der Waals surface area contributed by atoms with Crippen LogP contribution in [0.3, 0.4) is 0 Å². The van der Waals surface area contributed by atoms with Gasteiger partial charge in [0.1, 0.15) is 0 Å². The van der Waals surface area contributed by atoms with Crippen molar-refractivity contribution in [2.75, 3.05) is 5.32 Å². The van der Waals surface area contributed by atoms with Gasteiger partial charge in [-0.25, -0.2) is 9.78 Å². The van der Waals surface area contributed by atoms with Gasteiger partial charge in [-0.1, -0.05) is 37.8 Å². The summed E-state index contributed by atoms with van der Waals surface area (Å²) in [7, 11) is 0. The normalized spacial score (nSPS) is 18.6. The first-order valence-corrected chi connectivity index (χ1v) is 8.45. The lowest BCUT2D eigenvalue weighted by Gasteiger charge is -2.37. The van der Waals surface area contributed by atoms with Crippen LogP contribution in [0.5, 0.6) is 0 Å². The predicted molar refractivity (Wildman–Crippen MR) is 96.5 cm³/mol. The van der Waals surface area contributed by atoms with Crippen LogP contribution in [0.4, 0.5) is 23.7 Å². The second-order valence-electron chi connectivity index (χ2n) is 6.68. The lowest BCUT2D eigenvalue weighted by molar-refractivity contribution is -0.178. The molecule has 2 amide bonds. The Kier molecular flexibility index (Phi) is 4.89. The summed E-state index contributed by atoms with van der Waals surface area (Å²) in [6.45, 7) is 3.42. The molecule has 0 unspecified atom stereocenters. The van der Waals surface area contributed by atoms with Gasteiger partial charge in [0, 0.05) is 29.4 Å². The maximum Gasteiger partial charge on any atom is 0.427 e. The second-order valence-corrected chi connectivity index (χ2v) is 6.68. The minimum atomic E-state index is -4.83. The smallest absolute Gasteiger partial charge is 0.310 e. The summed E-state index contributed by atoms with van der Waals surface area (Å²) in [6, 6.07) is 4.42. The van der Waals surface area contributed by atoms with Crippen molar-refractivity contribution in [3.8, 4) is 11.8 Å². The molecule has 1 aliphatic heterocycles. The number of carbonyl (C=O) groups is 1. The quantitative estimate of drug-likeness (QED) is 0.775. The molecule has 2 N–H and O–H groups in total. The van der Waals surface area contributed by atoms with E-state index in [4.69, 9.17) is 0 Å². The molecule has 0 spiro atoms. The van der Waals surface area contributed by atoms with Crippen LogP contribution in [-0.4, -0.2) is 21.8 Å². The zero-order valence-corrected chi connectivity index (χ0v) is 15.1. The fourth-order valence-corrected chi connectivity index (χ4v) is 2.85. The number of benzene rings is 1. The van der Waals surface area contributed by atoms with E-state index in [1.54, 1.807) is 13.8 Å². The standard InChI is InChI=1S/C19H17F3N4O2/c1-12(2)5-7-18(19(20,21)22)14-4-3-13(9-15(14)24-17(28)25-18)10-26-11-23-8-6-16(26)27/h3-4,6,8-9,11-12H,10H2,1-2H3,(H2,24,25,28)/t18-/m0/s1. The minimum absolute atomic E-state index is 0.00595. The number of rotatable bonds is 2. The molecule has 146 valence electrons. The van der Waals surface area contributed by atoms with Crippen molar-refractivity contribution in [1.82, 2.24) is 14.9 Å². The number of nitrogens with zero attached hydrogens (tertiary/aromatic N) is 2. The fourth-order valence-electron chi connectivity index (χ4n) is 2.85. The van der Waals surface area contributed by atoms with Crippen LogP contribution < -0.4 is 16.2 Å². The van der Waals surface area contributed by atoms with E-state index in [2.05, 4.69) is 22.1 Å². The van der Waals surface area contributed by atoms with Gasteiger partial charge in [-0.05, 0) is 11.6 Å². The van der Waals surface area contributed by atoms with Gasteiger partial charge in [0.15, 0.2) is 0 Å². The number of urea groups is 1. The van der Waals surface area contributed by atoms with Crippen molar-refractivity contribution in [2.45, 2.75) is 32.1 Å². The van der Waals surface area contributed by atoms with E-state index in [1.165, 1.54) is 41.4 Å². The van der Waals surface area contributed by atoms with Crippen LogP contribution in [0, 0.1) is 17.8 Å². The molecule has 28 heavy (non-hydrogen) atoms. The van der Waals surface area contributed by atoms with E-state index in [0.29, 0.717) is 5.56 Å². The van der Waals surface area contributed by atoms with E-state index >= 15 is 0 Å². The first-order valence-electron chi connectivity index (χ1n) is 8.45. The highest BCUT2D eigenvalue weighted by Gasteiger charge is 2.59. The zero-order valence-electron chi connectivity index (χ0n) is 15.1. The highest BCUT2D eigenvalue weighted by molar-refractivity contribution is 5.95. The summed E-state index contributed by atoms with van der Waals surface area (Å²) in [5.41, 5.74) is -2.78. The molecule has 1 aromatic heterocycles. The van der Waals surface area contributed by atoms with E-state index in [9.17, 15) is 22.8 Å². The maximum absolute atomic E-state index is 14.0. The van der Waals surface area contributed by atoms with Crippen molar-refractivity contribution in [1.29, 1.82) is 0 Å². The van der Waals surface area contributed by atoms with E-state index in [1.807, 2.05) is 5.32 Å². The number of hydrogen-bond acceptors (Lipinski definition) is 3. The molecule has 6 nitrogen and oxygen atoms in total. The van der Waals surface area contributed by atoms with Gasteiger partial charge in [0.25, 0.3) is 5.56 Å². The van der Waals surface area contributed by atoms with Gasteiger partial charge in [0.05, 0.1) is 12.9 Å². The van der Waals surface area contributed by atoms with Gasteiger partial charge < -0.3 is 10.6 Å². The average Bonchev–Trinajstić information content (AvgIpc) is 2.60. The summed E-state index contributed by atoms with van der Waals surface area (Å²) in [5, 5.41) is 4.34. The maximum atomic E-state index is 14.0. The Morgan fingerprint density at radius 2 is 2.00 bits per heavy atom. The summed E-state index contributed by atoms with van der Waals surface area (Å²) < 4.78 is 43.3. The minimum Gasteiger partial charge on any atom is -0.310 e. The van der Waals surface area contributed by atoms with Crippen molar-refractivity contribution in [2.24, 2.45) is 5.92 Å². The number of aromatic nitrogens is 2. The molecular formula is C19H17F3N4O2. The van der Waals surface area contributed by atoms with Crippen LogP contribution >= 0.6 is 0 Å². The number of fused-ring (bicyclic) bond motifs is 1. The highest BCUT2D eigenvalue weighted by Crippen LogP contribution is 2.44. The molecule has 0 fully saturated rings. The molecule has 2 aromatic rings. The van der Waals surface area contributed by atoms with Gasteiger partial charge >= 0.3 is 12.2 Å². The van der Waals surface area contributed by atoms with Gasteiger partial charge in [-0.3, -0.25) is 9.36 Å². The molecule has 1 aliphatic rings. The fraction of sp³-hybridized carbons (Fsp3) is 0.316. The van der Waals surface area contributed by atoms with Gasteiger partial charge in [0.2, 0.25) is 5.54 Å². The van der Waals surface area contributed by atoms with Crippen LogP contribution in [0.2, 0.25) is 0 Å². The molecular weight excluding hydrogens is 373 g/mol. The third-order valence-electron chi connectivity index (χ3n) is 4.16.